The van der Waals surface area contributed by atoms with Crippen molar-refractivity contribution >= 4 is 5.82 Å². The molecule has 3 aromatic rings. The average Bonchev–Trinajstić information content (AvgIpc) is 2.83. The highest BCUT2D eigenvalue weighted by atomic mass is 16.5. The van der Waals surface area contributed by atoms with E-state index in [-0.39, 0.29) is 0 Å². The van der Waals surface area contributed by atoms with Gasteiger partial charge in [-0.25, -0.2) is 9.97 Å². The molecule has 0 amide bonds. The van der Waals surface area contributed by atoms with Crippen molar-refractivity contribution in [1.82, 2.24) is 15.1 Å². The molecular weight excluding hydrogens is 228 g/mol. The third kappa shape index (κ3) is 1.71. The second kappa shape index (κ2) is 4.29. The average molecular weight is 238 g/mol. The lowest BCUT2D eigenvalue weighted by atomic mass is 10.1. The molecule has 0 saturated carbocycles. The van der Waals surface area contributed by atoms with Gasteiger partial charge in [-0.1, -0.05) is 35.5 Å². The fourth-order valence-corrected chi connectivity index (χ4v) is 1.76. The van der Waals surface area contributed by atoms with Crippen LogP contribution in [-0.2, 0) is 0 Å². The molecule has 5 heteroatoms. The standard InChI is InChI=1S/C13H10N4O/c14-12-10(9-5-2-1-3-6-9)11(18-17-12)13-15-7-4-8-16-13/h1-8H,(H2,14,17). The van der Waals surface area contributed by atoms with Crippen LogP contribution in [0.2, 0.25) is 0 Å². The Bertz CT molecular complexity index is 649. The molecule has 5 nitrogen and oxygen atoms in total. The maximum Gasteiger partial charge on any atom is 0.214 e. The lowest BCUT2D eigenvalue weighted by Gasteiger charge is -2.00. The summed E-state index contributed by atoms with van der Waals surface area (Å²) in [5.74, 6) is 1.29. The SMILES string of the molecule is Nc1noc(-c2ncccn2)c1-c1ccccc1. The van der Waals surface area contributed by atoms with Crippen LogP contribution in [0.15, 0.2) is 53.3 Å². The molecule has 0 aliphatic heterocycles. The van der Waals surface area contributed by atoms with Gasteiger partial charge in [0.05, 0.1) is 5.56 Å². The fourth-order valence-electron chi connectivity index (χ4n) is 1.76. The molecule has 0 spiro atoms. The molecule has 3 rings (SSSR count). The summed E-state index contributed by atoms with van der Waals surface area (Å²) in [7, 11) is 0. The van der Waals surface area contributed by atoms with Crippen LogP contribution in [0, 0.1) is 0 Å². The van der Waals surface area contributed by atoms with E-state index in [9.17, 15) is 0 Å². The van der Waals surface area contributed by atoms with Gasteiger partial charge < -0.3 is 10.3 Å². The number of nitrogens with zero attached hydrogens (tertiary/aromatic N) is 3. The monoisotopic (exact) mass is 238 g/mol. The van der Waals surface area contributed by atoms with Gasteiger partial charge in [-0.05, 0) is 11.6 Å². The van der Waals surface area contributed by atoms with Gasteiger partial charge in [0.25, 0.3) is 0 Å². The van der Waals surface area contributed by atoms with Crippen LogP contribution in [0.1, 0.15) is 0 Å². The molecule has 0 bridgehead atoms. The van der Waals surface area contributed by atoms with E-state index in [1.54, 1.807) is 18.5 Å². The van der Waals surface area contributed by atoms with Gasteiger partial charge in [0.1, 0.15) is 0 Å². The highest BCUT2D eigenvalue weighted by Crippen LogP contribution is 2.34. The van der Waals surface area contributed by atoms with Gasteiger partial charge in [0.2, 0.25) is 5.76 Å². The van der Waals surface area contributed by atoms with E-state index in [2.05, 4.69) is 15.1 Å². The number of benzene rings is 1. The number of aromatic nitrogens is 3. The molecule has 0 aliphatic carbocycles. The predicted molar refractivity (Wildman–Crippen MR) is 67.4 cm³/mol. The molecular formula is C13H10N4O. The minimum absolute atomic E-state index is 0.337. The van der Waals surface area contributed by atoms with E-state index in [4.69, 9.17) is 10.3 Å². The molecule has 0 radical (unpaired) electrons. The third-order valence-corrected chi connectivity index (χ3v) is 2.55. The Labute approximate surface area is 103 Å². The number of hydrogen-bond donors (Lipinski definition) is 1. The Morgan fingerprint density at radius 3 is 2.39 bits per heavy atom. The molecule has 0 unspecified atom stereocenters. The lowest BCUT2D eigenvalue weighted by molar-refractivity contribution is 0.433. The van der Waals surface area contributed by atoms with Crippen molar-refractivity contribution in [3.05, 3.63) is 48.8 Å². The maximum atomic E-state index is 5.85. The largest absolute Gasteiger partial charge is 0.380 e. The molecule has 1 aromatic carbocycles. The van der Waals surface area contributed by atoms with Crippen molar-refractivity contribution in [2.75, 3.05) is 5.73 Å². The third-order valence-electron chi connectivity index (χ3n) is 2.55. The summed E-state index contributed by atoms with van der Waals surface area (Å²) >= 11 is 0. The van der Waals surface area contributed by atoms with E-state index in [1.807, 2.05) is 30.3 Å². The quantitative estimate of drug-likeness (QED) is 0.741. The number of anilines is 1. The van der Waals surface area contributed by atoms with Crippen LogP contribution in [0.4, 0.5) is 5.82 Å². The van der Waals surface area contributed by atoms with Crippen LogP contribution >= 0.6 is 0 Å². The van der Waals surface area contributed by atoms with E-state index in [0.29, 0.717) is 17.4 Å². The van der Waals surface area contributed by atoms with Crippen molar-refractivity contribution in [3.8, 4) is 22.7 Å². The normalized spacial score (nSPS) is 10.4. The number of nitrogens with two attached hydrogens (primary N) is 1. The number of rotatable bonds is 2. The molecule has 2 aromatic heterocycles. The highest BCUT2D eigenvalue weighted by molar-refractivity contribution is 5.84. The Morgan fingerprint density at radius 2 is 1.67 bits per heavy atom. The van der Waals surface area contributed by atoms with Crippen molar-refractivity contribution in [2.24, 2.45) is 0 Å². The zero-order valence-corrected chi connectivity index (χ0v) is 9.45. The van der Waals surface area contributed by atoms with Gasteiger partial charge >= 0.3 is 0 Å². The van der Waals surface area contributed by atoms with Gasteiger partial charge in [0.15, 0.2) is 11.6 Å². The van der Waals surface area contributed by atoms with Gasteiger partial charge in [-0.3, -0.25) is 0 Å². The molecule has 88 valence electrons. The van der Waals surface area contributed by atoms with Gasteiger partial charge in [-0.15, -0.1) is 0 Å². The van der Waals surface area contributed by atoms with Crippen molar-refractivity contribution in [1.29, 1.82) is 0 Å². The van der Waals surface area contributed by atoms with E-state index < -0.39 is 0 Å². The summed E-state index contributed by atoms with van der Waals surface area (Å²) < 4.78 is 5.24. The second-order valence-electron chi connectivity index (χ2n) is 3.71. The fraction of sp³-hybridized carbons (Fsp3) is 0. The van der Waals surface area contributed by atoms with Crippen LogP contribution in [0.25, 0.3) is 22.7 Å². The summed E-state index contributed by atoms with van der Waals surface area (Å²) in [6, 6.07) is 11.4. The number of hydrogen-bond acceptors (Lipinski definition) is 5. The molecule has 18 heavy (non-hydrogen) atoms. The Balaban J connectivity index is 2.19. The van der Waals surface area contributed by atoms with Crippen molar-refractivity contribution in [2.45, 2.75) is 0 Å². The smallest absolute Gasteiger partial charge is 0.214 e. The van der Waals surface area contributed by atoms with Crippen molar-refractivity contribution < 1.29 is 4.52 Å². The maximum absolute atomic E-state index is 5.85. The zero-order valence-electron chi connectivity index (χ0n) is 9.45. The topological polar surface area (TPSA) is 77.8 Å². The summed E-state index contributed by atoms with van der Waals surface area (Å²) in [5, 5.41) is 3.79. The van der Waals surface area contributed by atoms with Crippen LogP contribution < -0.4 is 5.73 Å². The minimum Gasteiger partial charge on any atom is -0.380 e. The van der Waals surface area contributed by atoms with Gasteiger partial charge in [0, 0.05) is 12.4 Å². The molecule has 2 N–H and O–H groups in total. The van der Waals surface area contributed by atoms with Crippen LogP contribution in [-0.4, -0.2) is 15.1 Å². The minimum atomic E-state index is 0.337. The summed E-state index contributed by atoms with van der Waals surface area (Å²) in [4.78, 5) is 8.30. The first-order chi connectivity index (χ1) is 8.86. The first kappa shape index (κ1) is 10.5. The Morgan fingerprint density at radius 1 is 0.944 bits per heavy atom. The lowest BCUT2D eigenvalue weighted by Crippen LogP contribution is -1.90. The Kier molecular flexibility index (Phi) is 2.49. The van der Waals surface area contributed by atoms with E-state index >= 15 is 0 Å². The number of nitrogen functional groups attached to an aromatic ring is 1. The highest BCUT2D eigenvalue weighted by Gasteiger charge is 2.18. The predicted octanol–water partition coefficient (Wildman–Crippen LogP) is 2.38. The second-order valence-corrected chi connectivity index (χ2v) is 3.71. The molecule has 0 aliphatic rings. The van der Waals surface area contributed by atoms with Gasteiger partial charge in [-0.2, -0.15) is 0 Å². The summed E-state index contributed by atoms with van der Waals surface area (Å²) in [6.07, 6.45) is 3.30. The zero-order chi connectivity index (χ0) is 12.4. The Hall–Kier alpha value is -2.69. The van der Waals surface area contributed by atoms with E-state index in [0.717, 1.165) is 11.1 Å². The summed E-state index contributed by atoms with van der Waals surface area (Å²) in [5.41, 5.74) is 7.50. The van der Waals surface area contributed by atoms with E-state index in [1.165, 1.54) is 0 Å². The van der Waals surface area contributed by atoms with Crippen molar-refractivity contribution in [3.63, 3.8) is 0 Å². The molecule has 2 heterocycles. The molecule has 0 atom stereocenters. The molecule has 0 fully saturated rings. The summed E-state index contributed by atoms with van der Waals surface area (Å²) in [6.45, 7) is 0. The first-order valence-electron chi connectivity index (χ1n) is 5.44. The van der Waals surface area contributed by atoms with Crippen LogP contribution in [0.5, 0.6) is 0 Å². The molecule has 0 saturated heterocycles. The first-order valence-corrected chi connectivity index (χ1v) is 5.44. The van der Waals surface area contributed by atoms with Crippen LogP contribution in [0.3, 0.4) is 0 Å².